The van der Waals surface area contributed by atoms with Crippen molar-refractivity contribution in [1.29, 1.82) is 0 Å². The minimum atomic E-state index is 0.785. The topological polar surface area (TPSA) is 54.2 Å². The van der Waals surface area contributed by atoms with E-state index in [0.717, 1.165) is 27.7 Å². The fraction of sp³-hybridized carbons (Fsp3) is 0.100. The van der Waals surface area contributed by atoms with E-state index < -0.39 is 0 Å². The van der Waals surface area contributed by atoms with Crippen molar-refractivity contribution in [2.45, 2.75) is 0 Å². The van der Waals surface area contributed by atoms with Gasteiger partial charge in [0.15, 0.2) is 5.13 Å². The summed E-state index contributed by atoms with van der Waals surface area (Å²) >= 11 is 1.65. The molecular formula is C10H10N4S. The highest BCUT2D eigenvalue weighted by molar-refractivity contribution is 7.22. The molecule has 0 bridgehead atoms. The summed E-state index contributed by atoms with van der Waals surface area (Å²) < 4.78 is 1.13. The number of aromatic nitrogens is 1. The minimum Gasteiger partial charge on any atom is -0.399 e. The molecule has 3 N–H and O–H groups in total. The van der Waals surface area contributed by atoms with Crippen LogP contribution in [0.4, 0.5) is 10.8 Å². The summed E-state index contributed by atoms with van der Waals surface area (Å²) in [6.45, 7) is 0.787. The standard InChI is InChI=1S/C10H10N4S/c11-7-1-2-8-9(5-7)15-10(13-8)14-4-3-12-6-14/h1-5,12H,6,11H2. The molecule has 2 aromatic rings. The number of fused-ring (bicyclic) bond motifs is 1. The smallest absolute Gasteiger partial charge is 0.192 e. The van der Waals surface area contributed by atoms with Crippen molar-refractivity contribution in [1.82, 2.24) is 10.3 Å². The summed E-state index contributed by atoms with van der Waals surface area (Å²) in [5.74, 6) is 0. The second-order valence-corrected chi connectivity index (χ2v) is 4.38. The Labute approximate surface area is 91.0 Å². The molecule has 0 saturated carbocycles. The van der Waals surface area contributed by atoms with Crippen molar-refractivity contribution < 1.29 is 0 Å². The first kappa shape index (κ1) is 8.55. The third-order valence-corrected chi connectivity index (χ3v) is 3.34. The van der Waals surface area contributed by atoms with Crippen LogP contribution in [0, 0.1) is 0 Å². The van der Waals surface area contributed by atoms with Gasteiger partial charge in [-0.3, -0.25) is 0 Å². The summed E-state index contributed by atoms with van der Waals surface area (Å²) in [4.78, 5) is 6.60. The van der Waals surface area contributed by atoms with Crippen LogP contribution in [0.1, 0.15) is 0 Å². The maximum Gasteiger partial charge on any atom is 0.192 e. The van der Waals surface area contributed by atoms with E-state index in [1.54, 1.807) is 11.3 Å². The molecule has 0 aliphatic carbocycles. The fourth-order valence-corrected chi connectivity index (χ4v) is 2.53. The largest absolute Gasteiger partial charge is 0.399 e. The normalized spacial score (nSPS) is 14.8. The second kappa shape index (κ2) is 3.13. The maximum atomic E-state index is 5.73. The Hall–Kier alpha value is -1.75. The number of nitrogen functional groups attached to an aromatic ring is 1. The zero-order valence-electron chi connectivity index (χ0n) is 7.97. The van der Waals surface area contributed by atoms with Gasteiger partial charge < -0.3 is 16.0 Å². The van der Waals surface area contributed by atoms with Gasteiger partial charge in [0.05, 0.1) is 16.9 Å². The molecule has 3 rings (SSSR count). The minimum absolute atomic E-state index is 0.785. The molecule has 76 valence electrons. The second-order valence-electron chi connectivity index (χ2n) is 3.37. The number of benzene rings is 1. The van der Waals surface area contributed by atoms with Gasteiger partial charge in [-0.15, -0.1) is 0 Å². The van der Waals surface area contributed by atoms with E-state index in [9.17, 15) is 0 Å². The Balaban J connectivity index is 2.09. The van der Waals surface area contributed by atoms with Crippen molar-refractivity contribution >= 4 is 32.4 Å². The van der Waals surface area contributed by atoms with Gasteiger partial charge in [-0.1, -0.05) is 11.3 Å². The quantitative estimate of drug-likeness (QED) is 0.716. The molecule has 15 heavy (non-hydrogen) atoms. The predicted octanol–water partition coefficient (Wildman–Crippen LogP) is 1.72. The van der Waals surface area contributed by atoms with Crippen LogP contribution in [-0.4, -0.2) is 11.7 Å². The zero-order chi connectivity index (χ0) is 10.3. The summed E-state index contributed by atoms with van der Waals surface area (Å²) in [5, 5.41) is 4.11. The van der Waals surface area contributed by atoms with E-state index >= 15 is 0 Å². The number of hydrogen-bond donors (Lipinski definition) is 2. The molecule has 1 aliphatic rings. The summed E-state index contributed by atoms with van der Waals surface area (Å²) in [5.41, 5.74) is 7.51. The number of nitrogens with two attached hydrogens (primary N) is 1. The van der Waals surface area contributed by atoms with Crippen LogP contribution < -0.4 is 16.0 Å². The summed E-state index contributed by atoms with van der Waals surface area (Å²) in [7, 11) is 0. The Bertz CT molecular complexity index is 531. The molecule has 0 fully saturated rings. The van der Waals surface area contributed by atoms with Crippen molar-refractivity contribution in [3.8, 4) is 0 Å². The Morgan fingerprint density at radius 2 is 2.40 bits per heavy atom. The Morgan fingerprint density at radius 3 is 3.20 bits per heavy atom. The van der Waals surface area contributed by atoms with E-state index in [1.165, 1.54) is 0 Å². The molecule has 0 amide bonds. The number of nitrogens with one attached hydrogen (secondary N) is 1. The van der Waals surface area contributed by atoms with Crippen molar-refractivity contribution in [3.05, 3.63) is 30.6 Å². The van der Waals surface area contributed by atoms with Gasteiger partial charge in [0.1, 0.15) is 0 Å². The van der Waals surface area contributed by atoms with Crippen LogP contribution in [0.25, 0.3) is 10.2 Å². The fourth-order valence-electron chi connectivity index (χ4n) is 1.53. The first-order chi connectivity index (χ1) is 7.33. The SMILES string of the molecule is Nc1ccc2nc(N3C=CNC3)sc2c1. The number of rotatable bonds is 1. The lowest BCUT2D eigenvalue weighted by atomic mass is 10.3. The highest BCUT2D eigenvalue weighted by atomic mass is 32.1. The van der Waals surface area contributed by atoms with Gasteiger partial charge in [-0.25, -0.2) is 4.98 Å². The van der Waals surface area contributed by atoms with Crippen molar-refractivity contribution in [3.63, 3.8) is 0 Å². The molecule has 1 aromatic carbocycles. The zero-order valence-corrected chi connectivity index (χ0v) is 8.79. The van der Waals surface area contributed by atoms with Crippen LogP contribution in [0.3, 0.4) is 0 Å². The molecule has 1 aromatic heterocycles. The first-order valence-corrected chi connectivity index (χ1v) is 5.47. The van der Waals surface area contributed by atoms with Crippen molar-refractivity contribution in [2.24, 2.45) is 0 Å². The third kappa shape index (κ3) is 1.41. The first-order valence-electron chi connectivity index (χ1n) is 4.66. The molecule has 0 atom stereocenters. The Kier molecular flexibility index (Phi) is 1.78. The van der Waals surface area contributed by atoms with Gasteiger partial charge in [-0.05, 0) is 18.2 Å². The number of thiazole rings is 1. The van der Waals surface area contributed by atoms with Crippen LogP contribution in [0.5, 0.6) is 0 Å². The molecule has 0 radical (unpaired) electrons. The summed E-state index contributed by atoms with van der Waals surface area (Å²) in [6.07, 6.45) is 3.90. The molecule has 0 saturated heterocycles. The molecule has 0 unspecified atom stereocenters. The third-order valence-electron chi connectivity index (χ3n) is 2.28. The van der Waals surface area contributed by atoms with E-state index in [4.69, 9.17) is 5.73 Å². The lowest BCUT2D eigenvalue weighted by molar-refractivity contribution is 0.898. The molecule has 4 nitrogen and oxygen atoms in total. The lowest BCUT2D eigenvalue weighted by Gasteiger charge is -2.08. The van der Waals surface area contributed by atoms with Crippen LogP contribution in [0.15, 0.2) is 30.6 Å². The monoisotopic (exact) mass is 218 g/mol. The van der Waals surface area contributed by atoms with Crippen LogP contribution >= 0.6 is 11.3 Å². The molecule has 5 heteroatoms. The van der Waals surface area contributed by atoms with Gasteiger partial charge in [-0.2, -0.15) is 0 Å². The summed E-state index contributed by atoms with van der Waals surface area (Å²) in [6, 6.07) is 5.80. The van der Waals surface area contributed by atoms with E-state index in [2.05, 4.69) is 15.2 Å². The van der Waals surface area contributed by atoms with Gasteiger partial charge in [0.25, 0.3) is 0 Å². The highest BCUT2D eigenvalue weighted by Gasteiger charge is 2.11. The van der Waals surface area contributed by atoms with Gasteiger partial charge >= 0.3 is 0 Å². The highest BCUT2D eigenvalue weighted by Crippen LogP contribution is 2.30. The molecule has 2 heterocycles. The van der Waals surface area contributed by atoms with E-state index in [-0.39, 0.29) is 0 Å². The Morgan fingerprint density at radius 1 is 1.47 bits per heavy atom. The molecule has 0 spiro atoms. The molecule has 1 aliphatic heterocycles. The number of hydrogen-bond acceptors (Lipinski definition) is 5. The van der Waals surface area contributed by atoms with Crippen LogP contribution in [-0.2, 0) is 0 Å². The lowest BCUT2D eigenvalue weighted by Crippen LogP contribution is -2.19. The average Bonchev–Trinajstić information content (AvgIpc) is 2.84. The number of anilines is 2. The van der Waals surface area contributed by atoms with E-state index in [1.807, 2.05) is 30.6 Å². The number of nitrogens with zero attached hydrogens (tertiary/aromatic N) is 2. The van der Waals surface area contributed by atoms with Gasteiger partial charge in [0, 0.05) is 18.1 Å². The average molecular weight is 218 g/mol. The van der Waals surface area contributed by atoms with Gasteiger partial charge in [0.2, 0.25) is 0 Å². The van der Waals surface area contributed by atoms with E-state index in [0.29, 0.717) is 0 Å². The maximum absolute atomic E-state index is 5.73. The predicted molar refractivity (Wildman–Crippen MR) is 63.7 cm³/mol. The molecular weight excluding hydrogens is 208 g/mol. The van der Waals surface area contributed by atoms with Crippen molar-refractivity contribution in [2.75, 3.05) is 17.3 Å². The van der Waals surface area contributed by atoms with Crippen LogP contribution in [0.2, 0.25) is 0 Å².